The zero-order chi connectivity index (χ0) is 37.4. The van der Waals surface area contributed by atoms with E-state index in [9.17, 15) is 4.79 Å². The molecule has 0 radical (unpaired) electrons. The Morgan fingerprint density at radius 2 is 1.15 bits per heavy atom. The number of hydrogen-bond donors (Lipinski definition) is 0. The highest BCUT2D eigenvalue weighted by Gasteiger charge is 2.71. The van der Waals surface area contributed by atoms with E-state index in [2.05, 4.69) is 83.1 Å². The Labute approximate surface area is 314 Å². The molecule has 9 heteroatoms. The molecular formula is C43H71NO8. The third-order valence-corrected chi connectivity index (χ3v) is 16.2. The van der Waals surface area contributed by atoms with Gasteiger partial charge in [-0.2, -0.15) is 0 Å². The quantitative estimate of drug-likeness (QED) is 0.265. The van der Waals surface area contributed by atoms with Crippen LogP contribution in [-0.4, -0.2) is 75.0 Å². The van der Waals surface area contributed by atoms with Gasteiger partial charge in [0.15, 0.2) is 0 Å². The molecule has 6 heterocycles. The van der Waals surface area contributed by atoms with Gasteiger partial charge in [-0.3, -0.25) is 4.90 Å². The number of carbonyl (C=O) groups is 1. The summed E-state index contributed by atoms with van der Waals surface area (Å²) in [6.45, 7) is 26.4. The normalized spacial score (nSPS) is 51.8. The van der Waals surface area contributed by atoms with Gasteiger partial charge < -0.3 is 14.2 Å². The fourth-order valence-corrected chi connectivity index (χ4v) is 13.9. The largest absolute Gasteiger partial charge is 0.443 e. The first-order valence-corrected chi connectivity index (χ1v) is 21.3. The first-order valence-electron chi connectivity index (χ1n) is 21.3. The molecule has 4 aliphatic carbocycles. The summed E-state index contributed by atoms with van der Waals surface area (Å²) in [6.07, 6.45) is 9.57. The zero-order valence-electron chi connectivity index (χ0n) is 34.5. The van der Waals surface area contributed by atoms with Crippen LogP contribution < -0.4 is 0 Å². The first kappa shape index (κ1) is 37.9. The zero-order valence-corrected chi connectivity index (χ0v) is 34.5. The van der Waals surface area contributed by atoms with Crippen molar-refractivity contribution in [1.82, 2.24) is 4.90 Å². The van der Waals surface area contributed by atoms with Gasteiger partial charge in [0.25, 0.3) is 0 Å². The van der Waals surface area contributed by atoms with Crippen LogP contribution >= 0.6 is 0 Å². The van der Waals surface area contributed by atoms with Crippen molar-refractivity contribution in [1.29, 1.82) is 0 Å². The van der Waals surface area contributed by atoms with Gasteiger partial charge in [-0.1, -0.05) is 27.7 Å². The first-order chi connectivity index (χ1) is 24.2. The van der Waals surface area contributed by atoms with Crippen molar-refractivity contribution in [3.05, 3.63) is 0 Å². The minimum absolute atomic E-state index is 0.0543. The summed E-state index contributed by atoms with van der Waals surface area (Å²) in [4.78, 5) is 42.5. The van der Waals surface area contributed by atoms with Crippen LogP contribution in [0.25, 0.3) is 0 Å². The monoisotopic (exact) mass is 730 g/mol. The van der Waals surface area contributed by atoms with Gasteiger partial charge in [-0.05, 0) is 154 Å². The van der Waals surface area contributed by atoms with Crippen LogP contribution in [0.3, 0.4) is 0 Å². The van der Waals surface area contributed by atoms with E-state index in [1.807, 2.05) is 4.90 Å². The summed E-state index contributed by atoms with van der Waals surface area (Å²) < 4.78 is 21.7. The van der Waals surface area contributed by atoms with Gasteiger partial charge >= 0.3 is 6.09 Å². The van der Waals surface area contributed by atoms with Crippen LogP contribution in [0.1, 0.15) is 154 Å². The lowest BCUT2D eigenvalue weighted by atomic mass is 9.55. The van der Waals surface area contributed by atoms with Crippen molar-refractivity contribution < 1.29 is 38.6 Å². The maximum Gasteiger partial charge on any atom is 0.411 e. The van der Waals surface area contributed by atoms with Gasteiger partial charge in [-0.15, -0.1) is 0 Å². The molecule has 4 bridgehead atoms. The molecule has 10 aliphatic rings. The Bertz CT molecular complexity index is 1360. The second kappa shape index (κ2) is 12.5. The van der Waals surface area contributed by atoms with Crippen molar-refractivity contribution in [2.75, 3.05) is 0 Å². The fraction of sp³-hybridized carbons (Fsp3) is 0.977. The Hall–Kier alpha value is -0.970. The van der Waals surface area contributed by atoms with E-state index in [1.54, 1.807) is 0 Å². The van der Waals surface area contributed by atoms with E-state index in [-0.39, 0.29) is 59.5 Å². The van der Waals surface area contributed by atoms with Crippen LogP contribution in [0.5, 0.6) is 0 Å². The lowest BCUT2D eigenvalue weighted by molar-refractivity contribution is -0.491. The number of fused-ring (bicyclic) bond motifs is 4. The molecular weight excluding hydrogens is 658 g/mol. The van der Waals surface area contributed by atoms with Crippen LogP contribution in [0, 0.1) is 47.3 Å². The van der Waals surface area contributed by atoms with Gasteiger partial charge in [0, 0.05) is 30.3 Å². The fourth-order valence-electron chi connectivity index (χ4n) is 13.9. The van der Waals surface area contributed by atoms with Gasteiger partial charge in [-0.25, -0.2) is 24.3 Å². The molecule has 10 rings (SSSR count). The SMILES string of the molecule is C[C@H]1[C@@H](C[C@H](OC(=O)N(C(C)(C)C)C(C)(C)C)C2O[C@@H]3C[C@@]4(C)CC[C@H]5[C@H](C)CC[C@@H]([C@H]2C)[C@@]35OO4)O[C@@H]2C[C@@]3(C)CC[C@H]4[C@H](C)CC[C@@H]1[C@@]24OO3. The maximum atomic E-state index is 14.6. The topological polar surface area (TPSA) is 84.9 Å². The number of carbonyl (C=O) groups excluding carboxylic acids is 1. The number of ether oxygens (including phenoxy) is 3. The molecule has 1 unspecified atom stereocenters. The molecule has 6 aliphatic heterocycles. The standard InChI is InChI=1S/C43H71NO8/c1-24-13-15-30-26(3)32(46-34-22-40(11)19-17-28(24)42(30,34)51-49-40)21-33(47-37(45)44(38(5,6)7)39(8,9)10)36-27(4)31-16-14-25(2)29-18-20-41(12)23-35(48-36)43(29,31)52-50-41/h24-36H,13-23H2,1-12H3/t24-,25-,26-,27-,28+,29+,30+,31+,32-,33+,34-,35-,36?,40-,41-,42-,43-/m1/s1. The van der Waals surface area contributed by atoms with E-state index in [0.29, 0.717) is 36.0 Å². The summed E-state index contributed by atoms with van der Waals surface area (Å²) in [5.74, 6) is 2.78. The van der Waals surface area contributed by atoms with Gasteiger partial charge in [0.2, 0.25) is 0 Å². The molecule has 6 saturated heterocycles. The van der Waals surface area contributed by atoms with E-state index in [4.69, 9.17) is 33.8 Å². The van der Waals surface area contributed by atoms with Crippen molar-refractivity contribution in [2.45, 2.75) is 218 Å². The molecule has 4 saturated carbocycles. The Morgan fingerprint density at radius 3 is 1.65 bits per heavy atom. The Kier molecular flexibility index (Phi) is 9.13. The van der Waals surface area contributed by atoms with Crippen LogP contribution in [0.15, 0.2) is 0 Å². The summed E-state index contributed by atoms with van der Waals surface area (Å²) in [7, 11) is 0. The molecule has 1 amide bonds. The highest BCUT2D eigenvalue weighted by atomic mass is 17.2. The lowest BCUT2D eigenvalue weighted by Gasteiger charge is -2.63. The van der Waals surface area contributed by atoms with Crippen LogP contribution in [-0.2, 0) is 33.8 Å². The number of nitrogens with zero attached hydrogens (tertiary/aromatic N) is 1. The predicted molar refractivity (Wildman–Crippen MR) is 197 cm³/mol. The number of hydrogen-bond acceptors (Lipinski definition) is 8. The van der Waals surface area contributed by atoms with Crippen LogP contribution in [0.2, 0.25) is 0 Å². The average molecular weight is 730 g/mol. The molecule has 0 aromatic heterocycles. The van der Waals surface area contributed by atoms with E-state index >= 15 is 0 Å². The van der Waals surface area contributed by atoms with Crippen molar-refractivity contribution in [3.8, 4) is 0 Å². The molecule has 10 fully saturated rings. The summed E-state index contributed by atoms with van der Waals surface area (Å²) in [5, 5.41) is 0. The molecule has 2 spiro atoms. The minimum atomic E-state index is -0.490. The van der Waals surface area contributed by atoms with E-state index < -0.39 is 28.4 Å². The molecule has 52 heavy (non-hydrogen) atoms. The number of amides is 1. The minimum Gasteiger partial charge on any atom is -0.443 e. The second-order valence-electron chi connectivity index (χ2n) is 21.8. The smallest absolute Gasteiger partial charge is 0.411 e. The van der Waals surface area contributed by atoms with Crippen LogP contribution in [0.4, 0.5) is 4.79 Å². The predicted octanol–water partition coefficient (Wildman–Crippen LogP) is 9.20. The molecule has 17 atom stereocenters. The lowest BCUT2D eigenvalue weighted by Crippen LogP contribution is -2.71. The van der Waals surface area contributed by atoms with Crippen molar-refractivity contribution >= 4 is 6.09 Å². The van der Waals surface area contributed by atoms with Gasteiger partial charge in [0.05, 0.1) is 24.4 Å². The summed E-state index contributed by atoms with van der Waals surface area (Å²) in [6, 6.07) is 0. The molecule has 0 N–H and O–H groups in total. The highest BCUT2D eigenvalue weighted by molar-refractivity contribution is 5.70. The van der Waals surface area contributed by atoms with Crippen molar-refractivity contribution in [3.63, 3.8) is 0 Å². The molecule has 0 aromatic carbocycles. The van der Waals surface area contributed by atoms with Gasteiger partial charge in [0.1, 0.15) is 28.5 Å². The molecule has 0 aromatic rings. The van der Waals surface area contributed by atoms with Crippen molar-refractivity contribution in [2.24, 2.45) is 47.3 Å². The third-order valence-electron chi connectivity index (χ3n) is 16.2. The average Bonchev–Trinajstić information content (AvgIpc) is 3.41. The maximum absolute atomic E-state index is 14.6. The van der Waals surface area contributed by atoms with E-state index in [0.717, 1.165) is 51.4 Å². The van der Waals surface area contributed by atoms with E-state index in [1.165, 1.54) is 12.8 Å². The molecule has 296 valence electrons. The summed E-state index contributed by atoms with van der Waals surface area (Å²) in [5.41, 5.74) is -2.50. The number of rotatable bonds is 4. The molecule has 9 nitrogen and oxygen atoms in total. The second-order valence-corrected chi connectivity index (χ2v) is 21.8. The Morgan fingerprint density at radius 1 is 0.673 bits per heavy atom. The highest BCUT2D eigenvalue weighted by Crippen LogP contribution is 2.64. The summed E-state index contributed by atoms with van der Waals surface area (Å²) >= 11 is 0. The Balaban J connectivity index is 1.15. The third kappa shape index (κ3) is 5.69.